The smallest absolute Gasteiger partial charge is 0.361 e. The second kappa shape index (κ2) is 10.3. The van der Waals surface area contributed by atoms with Crippen molar-refractivity contribution in [3.05, 3.63) is 54.4 Å². The van der Waals surface area contributed by atoms with Crippen molar-refractivity contribution in [2.75, 3.05) is 37.7 Å². The fourth-order valence-corrected chi connectivity index (χ4v) is 4.24. The molecular weight excluding hydrogens is 486 g/mol. The zero-order chi connectivity index (χ0) is 26.9. The van der Waals surface area contributed by atoms with E-state index in [1.54, 1.807) is 18.2 Å². The standard InChI is InChI=1S/C28H31N5O5/c1-5-36-26(34)23-24(37-25(30-23)20-7-6-8-22-21(20)17-29-31-22)18-9-11-19(12-10-18)32-13-15-33(16-14-32)38-27(35)28(2,3)4/h6-12,17H,5,13-16H2,1-4H3,(H,29,31). The third-order valence-corrected chi connectivity index (χ3v) is 6.37. The number of anilines is 1. The van der Waals surface area contributed by atoms with Crippen molar-refractivity contribution in [3.63, 3.8) is 0 Å². The number of fused-ring (bicyclic) bond motifs is 1. The summed E-state index contributed by atoms with van der Waals surface area (Å²) in [5.41, 5.74) is 2.90. The summed E-state index contributed by atoms with van der Waals surface area (Å²) < 4.78 is 11.4. The topological polar surface area (TPSA) is 114 Å². The molecule has 10 nitrogen and oxygen atoms in total. The van der Waals surface area contributed by atoms with Gasteiger partial charge in [0.15, 0.2) is 11.5 Å². The third kappa shape index (κ3) is 5.12. The van der Waals surface area contributed by atoms with E-state index in [2.05, 4.69) is 20.1 Å². The van der Waals surface area contributed by atoms with Crippen molar-refractivity contribution in [2.24, 2.45) is 5.41 Å². The van der Waals surface area contributed by atoms with Gasteiger partial charge in [-0.1, -0.05) is 6.07 Å². The highest BCUT2D eigenvalue weighted by atomic mass is 16.7. The predicted octanol–water partition coefficient (Wildman–Crippen LogP) is 4.69. The Labute approximate surface area is 220 Å². The van der Waals surface area contributed by atoms with Gasteiger partial charge < -0.3 is 18.9 Å². The van der Waals surface area contributed by atoms with Crippen LogP contribution in [0.3, 0.4) is 0 Å². The van der Waals surface area contributed by atoms with Gasteiger partial charge in [-0.2, -0.15) is 5.10 Å². The average Bonchev–Trinajstić information content (AvgIpc) is 3.57. The maximum absolute atomic E-state index is 12.8. The summed E-state index contributed by atoms with van der Waals surface area (Å²) in [6.07, 6.45) is 1.71. The molecule has 1 aliphatic rings. The zero-order valence-electron chi connectivity index (χ0n) is 22.0. The Balaban J connectivity index is 1.36. The van der Waals surface area contributed by atoms with Crippen molar-refractivity contribution in [3.8, 4) is 22.8 Å². The number of hydrogen-bond acceptors (Lipinski definition) is 9. The number of hydroxylamine groups is 2. The largest absolute Gasteiger partial charge is 0.461 e. The quantitative estimate of drug-likeness (QED) is 0.364. The summed E-state index contributed by atoms with van der Waals surface area (Å²) in [6.45, 7) is 10.2. The predicted molar refractivity (Wildman–Crippen MR) is 142 cm³/mol. The van der Waals surface area contributed by atoms with Crippen molar-refractivity contribution in [1.29, 1.82) is 0 Å². The molecule has 0 spiro atoms. The van der Waals surface area contributed by atoms with Crippen LogP contribution in [0.2, 0.25) is 0 Å². The molecule has 0 radical (unpaired) electrons. The molecule has 0 unspecified atom stereocenters. The number of aromatic amines is 1. The van der Waals surface area contributed by atoms with Crippen LogP contribution in [0.5, 0.6) is 0 Å². The van der Waals surface area contributed by atoms with Gasteiger partial charge in [-0.3, -0.25) is 5.10 Å². The van der Waals surface area contributed by atoms with E-state index in [1.807, 2.05) is 63.2 Å². The van der Waals surface area contributed by atoms with E-state index in [0.29, 0.717) is 43.4 Å². The molecule has 38 heavy (non-hydrogen) atoms. The first-order chi connectivity index (χ1) is 18.2. The zero-order valence-corrected chi connectivity index (χ0v) is 22.0. The number of ether oxygens (including phenoxy) is 1. The van der Waals surface area contributed by atoms with Gasteiger partial charge >= 0.3 is 11.9 Å². The third-order valence-electron chi connectivity index (χ3n) is 6.37. The molecule has 2 aromatic heterocycles. The molecule has 0 aliphatic carbocycles. The Bertz CT molecular complexity index is 1440. The van der Waals surface area contributed by atoms with E-state index in [9.17, 15) is 9.59 Å². The summed E-state index contributed by atoms with van der Waals surface area (Å²) in [6, 6.07) is 13.5. The van der Waals surface area contributed by atoms with Crippen molar-refractivity contribution in [1.82, 2.24) is 20.2 Å². The number of carbonyl (C=O) groups excluding carboxylic acids is 2. The van der Waals surface area contributed by atoms with Crippen LogP contribution < -0.4 is 4.90 Å². The second-order valence-electron chi connectivity index (χ2n) is 10.1. The summed E-state index contributed by atoms with van der Waals surface area (Å²) in [4.78, 5) is 37.2. The maximum Gasteiger partial charge on any atom is 0.361 e. The highest BCUT2D eigenvalue weighted by molar-refractivity contribution is 5.97. The van der Waals surface area contributed by atoms with Crippen molar-refractivity contribution >= 4 is 28.5 Å². The van der Waals surface area contributed by atoms with Gasteiger partial charge in [0, 0.05) is 35.3 Å². The van der Waals surface area contributed by atoms with Crippen LogP contribution in [-0.2, 0) is 14.4 Å². The molecule has 0 amide bonds. The molecule has 4 aromatic rings. The monoisotopic (exact) mass is 517 g/mol. The van der Waals surface area contributed by atoms with Crippen LogP contribution in [-0.4, -0.2) is 65.0 Å². The number of piperazine rings is 1. The Morgan fingerprint density at radius 2 is 1.79 bits per heavy atom. The van der Waals surface area contributed by atoms with Gasteiger partial charge in [-0.15, -0.1) is 5.06 Å². The Morgan fingerprint density at radius 3 is 2.47 bits per heavy atom. The lowest BCUT2D eigenvalue weighted by atomic mass is 9.98. The fourth-order valence-electron chi connectivity index (χ4n) is 4.24. The minimum Gasteiger partial charge on any atom is -0.461 e. The summed E-state index contributed by atoms with van der Waals surface area (Å²) >= 11 is 0. The number of rotatable bonds is 6. The first-order valence-corrected chi connectivity index (χ1v) is 12.7. The number of oxazole rings is 1. The molecule has 0 atom stereocenters. The number of H-pyrrole nitrogens is 1. The lowest BCUT2D eigenvalue weighted by molar-refractivity contribution is -0.201. The van der Waals surface area contributed by atoms with Crippen molar-refractivity contribution in [2.45, 2.75) is 27.7 Å². The van der Waals surface area contributed by atoms with E-state index in [1.165, 1.54) is 0 Å². The van der Waals surface area contributed by atoms with Crippen LogP contribution in [0, 0.1) is 5.41 Å². The molecule has 1 aliphatic heterocycles. The number of carbonyl (C=O) groups is 2. The molecule has 0 bridgehead atoms. The molecule has 1 fully saturated rings. The van der Waals surface area contributed by atoms with E-state index < -0.39 is 11.4 Å². The van der Waals surface area contributed by atoms with Crippen LogP contribution in [0.4, 0.5) is 5.69 Å². The molecule has 1 N–H and O–H groups in total. The van der Waals surface area contributed by atoms with Crippen LogP contribution in [0.15, 0.2) is 53.1 Å². The number of esters is 1. The Kier molecular flexibility index (Phi) is 6.90. The fraction of sp³-hybridized carbons (Fsp3) is 0.357. The van der Waals surface area contributed by atoms with E-state index in [0.717, 1.165) is 22.2 Å². The summed E-state index contributed by atoms with van der Waals surface area (Å²) in [5, 5.41) is 9.61. The average molecular weight is 518 g/mol. The van der Waals surface area contributed by atoms with Gasteiger partial charge in [-0.05, 0) is 64.1 Å². The first-order valence-electron chi connectivity index (χ1n) is 12.7. The van der Waals surface area contributed by atoms with Crippen LogP contribution >= 0.6 is 0 Å². The molecule has 2 aromatic carbocycles. The van der Waals surface area contributed by atoms with Crippen molar-refractivity contribution < 1.29 is 23.6 Å². The molecule has 10 heteroatoms. The molecule has 198 valence electrons. The number of nitrogens with zero attached hydrogens (tertiary/aromatic N) is 4. The SMILES string of the molecule is CCOC(=O)c1nc(-c2cccc3[nH]ncc23)oc1-c1ccc(N2CCN(OC(=O)C(C)(C)C)CC2)cc1. The van der Waals surface area contributed by atoms with Gasteiger partial charge in [0.25, 0.3) is 0 Å². The van der Waals surface area contributed by atoms with E-state index in [4.69, 9.17) is 14.0 Å². The normalized spacial score (nSPS) is 14.6. The Hall–Kier alpha value is -4.18. The minimum atomic E-state index is -0.541. The summed E-state index contributed by atoms with van der Waals surface area (Å²) in [7, 11) is 0. The lowest BCUT2D eigenvalue weighted by Gasteiger charge is -2.35. The number of benzene rings is 2. The highest BCUT2D eigenvalue weighted by Gasteiger charge is 2.28. The molecule has 1 saturated heterocycles. The Morgan fingerprint density at radius 1 is 1.05 bits per heavy atom. The van der Waals surface area contributed by atoms with Gasteiger partial charge in [0.2, 0.25) is 5.89 Å². The van der Waals surface area contributed by atoms with Gasteiger partial charge in [-0.25, -0.2) is 14.6 Å². The van der Waals surface area contributed by atoms with E-state index in [-0.39, 0.29) is 18.3 Å². The lowest BCUT2D eigenvalue weighted by Crippen LogP contribution is -2.48. The first kappa shape index (κ1) is 25.5. The molecule has 3 heterocycles. The van der Waals surface area contributed by atoms with Crippen LogP contribution in [0.25, 0.3) is 33.7 Å². The molecule has 0 saturated carbocycles. The maximum atomic E-state index is 12.8. The number of hydrogen-bond donors (Lipinski definition) is 1. The molecular formula is C28H31N5O5. The number of aromatic nitrogens is 3. The highest BCUT2D eigenvalue weighted by Crippen LogP contribution is 2.34. The summed E-state index contributed by atoms with van der Waals surface area (Å²) in [5.74, 6) is -0.102. The van der Waals surface area contributed by atoms with Crippen LogP contribution in [0.1, 0.15) is 38.2 Å². The van der Waals surface area contributed by atoms with E-state index >= 15 is 0 Å². The number of nitrogens with one attached hydrogen (secondary N) is 1. The van der Waals surface area contributed by atoms with Gasteiger partial charge in [0.1, 0.15) is 0 Å². The second-order valence-corrected chi connectivity index (χ2v) is 10.1. The molecule has 5 rings (SSSR count). The minimum absolute atomic E-state index is 0.129. The van der Waals surface area contributed by atoms with Gasteiger partial charge in [0.05, 0.1) is 36.8 Å².